The maximum Gasteiger partial charge on any atom is 0.248 e. The van der Waals surface area contributed by atoms with Crippen LogP contribution in [0.25, 0.3) is 0 Å². The highest BCUT2D eigenvalue weighted by Crippen LogP contribution is 2.32. The lowest BCUT2D eigenvalue weighted by molar-refractivity contribution is -0.116. The minimum atomic E-state index is -3.77. The summed E-state index contributed by atoms with van der Waals surface area (Å²) in [4.78, 5) is 12.7. The molecule has 0 aliphatic rings. The molecule has 0 bridgehead atoms. The molecule has 9 heteroatoms. The third-order valence-corrected chi connectivity index (χ3v) is 5.80. The Morgan fingerprint density at radius 2 is 1.69 bits per heavy atom. The van der Waals surface area contributed by atoms with Gasteiger partial charge in [0.1, 0.15) is 6.04 Å². The van der Waals surface area contributed by atoms with Gasteiger partial charge in [0, 0.05) is 5.02 Å². The van der Waals surface area contributed by atoms with E-state index in [1.54, 1.807) is 37.3 Å². The number of carbonyl (C=O) groups excluding carboxylic acids is 1. The lowest BCUT2D eigenvalue weighted by atomic mass is 10.1. The zero-order valence-electron chi connectivity index (χ0n) is 14.3. The zero-order valence-corrected chi connectivity index (χ0v) is 17.3. The minimum Gasteiger partial charge on any atom is -0.322 e. The summed E-state index contributed by atoms with van der Waals surface area (Å²) in [7, 11) is -3.77. The Bertz CT molecular complexity index is 928. The Morgan fingerprint density at radius 1 is 1.12 bits per heavy atom. The number of para-hydroxylation sites is 1. The quantitative estimate of drug-likeness (QED) is 0.737. The molecule has 0 saturated heterocycles. The number of carbonyl (C=O) groups is 1. The molecule has 0 saturated carbocycles. The third-order valence-electron chi connectivity index (χ3n) is 3.71. The zero-order chi connectivity index (χ0) is 19.6. The SMILES string of the molecule is Cc1ccc(Cl)cc1N([C@H](C)C(=O)Nc1c(Cl)cccc1Cl)S(C)(=O)=O. The van der Waals surface area contributed by atoms with Crippen molar-refractivity contribution in [2.45, 2.75) is 19.9 Å². The molecule has 1 atom stereocenters. The van der Waals surface area contributed by atoms with Gasteiger partial charge < -0.3 is 5.32 Å². The Labute approximate surface area is 167 Å². The second-order valence-corrected chi connectivity index (χ2v) is 8.86. The van der Waals surface area contributed by atoms with Gasteiger partial charge in [0.2, 0.25) is 15.9 Å². The first-order valence-corrected chi connectivity index (χ1v) is 10.5. The van der Waals surface area contributed by atoms with Gasteiger partial charge >= 0.3 is 0 Å². The smallest absolute Gasteiger partial charge is 0.248 e. The van der Waals surface area contributed by atoms with Crippen molar-refractivity contribution in [3.8, 4) is 0 Å². The van der Waals surface area contributed by atoms with Crippen molar-refractivity contribution in [3.05, 3.63) is 57.0 Å². The molecule has 0 heterocycles. The van der Waals surface area contributed by atoms with Crippen LogP contribution >= 0.6 is 34.8 Å². The molecule has 140 valence electrons. The topological polar surface area (TPSA) is 66.5 Å². The highest BCUT2D eigenvalue weighted by molar-refractivity contribution is 7.92. The predicted molar refractivity (Wildman–Crippen MR) is 108 cm³/mol. The van der Waals surface area contributed by atoms with E-state index in [1.807, 2.05) is 0 Å². The summed E-state index contributed by atoms with van der Waals surface area (Å²) < 4.78 is 25.8. The van der Waals surface area contributed by atoms with E-state index >= 15 is 0 Å². The lowest BCUT2D eigenvalue weighted by Gasteiger charge is -2.29. The van der Waals surface area contributed by atoms with Crippen LogP contribution in [0.4, 0.5) is 11.4 Å². The summed E-state index contributed by atoms with van der Waals surface area (Å²) in [5.74, 6) is -0.579. The van der Waals surface area contributed by atoms with E-state index < -0.39 is 22.0 Å². The summed E-state index contributed by atoms with van der Waals surface area (Å²) in [6.07, 6.45) is 1.03. The van der Waals surface area contributed by atoms with Gasteiger partial charge in [0.25, 0.3) is 0 Å². The highest BCUT2D eigenvalue weighted by Gasteiger charge is 2.31. The van der Waals surface area contributed by atoms with Gasteiger partial charge in [-0.05, 0) is 43.7 Å². The predicted octanol–water partition coefficient (Wildman–Crippen LogP) is 4.75. The number of hydrogen-bond donors (Lipinski definition) is 1. The van der Waals surface area contributed by atoms with Crippen molar-refractivity contribution in [2.75, 3.05) is 15.9 Å². The van der Waals surface area contributed by atoms with Crippen LogP contribution < -0.4 is 9.62 Å². The van der Waals surface area contributed by atoms with E-state index in [-0.39, 0.29) is 15.7 Å². The van der Waals surface area contributed by atoms with Crippen LogP contribution in [0.2, 0.25) is 15.1 Å². The molecule has 1 N–H and O–H groups in total. The molecule has 1 amide bonds. The number of halogens is 3. The molecule has 0 aliphatic carbocycles. The van der Waals surface area contributed by atoms with Crippen LogP contribution in [0.5, 0.6) is 0 Å². The fraction of sp³-hybridized carbons (Fsp3) is 0.235. The molecule has 2 aromatic carbocycles. The van der Waals surface area contributed by atoms with Gasteiger partial charge in [0.05, 0.1) is 27.7 Å². The third kappa shape index (κ3) is 4.62. The standard InChI is InChI=1S/C17H17Cl3N2O3S/c1-10-7-8-12(18)9-15(10)22(26(3,24)25)11(2)17(23)21-16-13(19)5-4-6-14(16)20/h4-9,11H,1-3H3,(H,21,23)/t11-/m1/s1. The van der Waals surface area contributed by atoms with Crippen LogP contribution in [-0.2, 0) is 14.8 Å². The number of nitrogens with one attached hydrogen (secondary N) is 1. The number of rotatable bonds is 5. The first kappa shape index (κ1) is 20.8. The summed E-state index contributed by atoms with van der Waals surface area (Å²) in [6, 6.07) is 8.56. The molecule has 2 aromatic rings. The van der Waals surface area contributed by atoms with Crippen LogP contribution in [0.3, 0.4) is 0 Å². The Kier molecular flexibility index (Phi) is 6.45. The molecule has 0 unspecified atom stereocenters. The van der Waals surface area contributed by atoms with Crippen LogP contribution in [0, 0.1) is 6.92 Å². The van der Waals surface area contributed by atoms with E-state index in [2.05, 4.69) is 5.32 Å². The van der Waals surface area contributed by atoms with E-state index in [0.29, 0.717) is 16.3 Å². The molecule has 0 radical (unpaired) electrons. The van der Waals surface area contributed by atoms with Gasteiger partial charge in [-0.1, -0.05) is 46.9 Å². The van der Waals surface area contributed by atoms with Crippen LogP contribution in [0.1, 0.15) is 12.5 Å². The number of nitrogens with zero attached hydrogens (tertiary/aromatic N) is 1. The van der Waals surface area contributed by atoms with E-state index in [0.717, 1.165) is 10.6 Å². The van der Waals surface area contributed by atoms with Gasteiger partial charge in [-0.2, -0.15) is 0 Å². The molecule has 5 nitrogen and oxygen atoms in total. The number of aryl methyl sites for hydroxylation is 1. The van der Waals surface area contributed by atoms with Gasteiger partial charge in [-0.3, -0.25) is 9.10 Å². The summed E-state index contributed by atoms with van der Waals surface area (Å²) in [6.45, 7) is 3.21. The molecule has 0 spiro atoms. The second-order valence-electron chi connectivity index (χ2n) is 5.75. The number of hydrogen-bond acceptors (Lipinski definition) is 3. The molecule has 26 heavy (non-hydrogen) atoms. The summed E-state index contributed by atoms with van der Waals surface area (Å²) >= 11 is 18.1. The second kappa shape index (κ2) is 8.05. The molecular weight excluding hydrogens is 419 g/mol. The number of sulfonamides is 1. The first-order chi connectivity index (χ1) is 12.0. The highest BCUT2D eigenvalue weighted by atomic mass is 35.5. The van der Waals surface area contributed by atoms with Gasteiger partial charge in [-0.25, -0.2) is 8.42 Å². The monoisotopic (exact) mass is 434 g/mol. The maximum absolute atomic E-state index is 12.7. The fourth-order valence-corrected chi connectivity index (χ4v) is 4.33. The molecule has 0 fully saturated rings. The van der Waals surface area contributed by atoms with Crippen molar-refractivity contribution >= 4 is 62.1 Å². The number of amides is 1. The van der Waals surface area contributed by atoms with Crippen molar-refractivity contribution in [2.24, 2.45) is 0 Å². The average Bonchev–Trinajstić information content (AvgIpc) is 2.53. The van der Waals surface area contributed by atoms with Crippen LogP contribution in [0.15, 0.2) is 36.4 Å². The number of benzene rings is 2. The first-order valence-electron chi connectivity index (χ1n) is 7.53. The average molecular weight is 436 g/mol. The lowest BCUT2D eigenvalue weighted by Crippen LogP contribution is -2.45. The summed E-state index contributed by atoms with van der Waals surface area (Å²) in [5.41, 5.74) is 1.21. The van der Waals surface area contributed by atoms with Crippen molar-refractivity contribution in [1.82, 2.24) is 0 Å². The van der Waals surface area contributed by atoms with E-state index in [4.69, 9.17) is 34.8 Å². The van der Waals surface area contributed by atoms with Gasteiger partial charge in [0.15, 0.2) is 0 Å². The maximum atomic E-state index is 12.7. The van der Waals surface area contributed by atoms with Gasteiger partial charge in [-0.15, -0.1) is 0 Å². The normalized spacial score (nSPS) is 12.5. The van der Waals surface area contributed by atoms with E-state index in [9.17, 15) is 13.2 Å². The van der Waals surface area contributed by atoms with Crippen molar-refractivity contribution < 1.29 is 13.2 Å². The Morgan fingerprint density at radius 3 is 2.23 bits per heavy atom. The summed E-state index contributed by atoms with van der Waals surface area (Å²) in [5, 5.41) is 3.46. The Hall–Kier alpha value is -1.47. The number of anilines is 2. The molecule has 0 aliphatic heterocycles. The van der Waals surface area contributed by atoms with Crippen molar-refractivity contribution in [1.29, 1.82) is 0 Å². The van der Waals surface area contributed by atoms with Crippen LogP contribution in [-0.4, -0.2) is 26.6 Å². The molecule has 0 aromatic heterocycles. The molecule has 2 rings (SSSR count). The fourth-order valence-electron chi connectivity index (χ4n) is 2.45. The Balaban J connectivity index is 2.43. The van der Waals surface area contributed by atoms with Crippen molar-refractivity contribution in [3.63, 3.8) is 0 Å². The largest absolute Gasteiger partial charge is 0.322 e. The van der Waals surface area contributed by atoms with E-state index in [1.165, 1.54) is 13.0 Å². The minimum absolute atomic E-state index is 0.226. The molecular formula is C17H17Cl3N2O3S.